The van der Waals surface area contributed by atoms with Crippen molar-refractivity contribution in [3.63, 3.8) is 0 Å². The average molecular weight is 348 g/mol. The Morgan fingerprint density at radius 1 is 1.26 bits per heavy atom. The van der Waals surface area contributed by atoms with Crippen LogP contribution in [0.4, 0.5) is 0 Å². The second-order valence-electron chi connectivity index (χ2n) is 5.93. The summed E-state index contributed by atoms with van der Waals surface area (Å²) in [6.45, 7) is 3.95. The molecule has 1 aromatic heterocycles. The fourth-order valence-electron chi connectivity index (χ4n) is 2.86. The predicted molar refractivity (Wildman–Crippen MR) is 94.9 cm³/mol. The van der Waals surface area contributed by atoms with Gasteiger partial charge in [0.05, 0.1) is 11.3 Å². The van der Waals surface area contributed by atoms with Crippen molar-refractivity contribution in [1.29, 1.82) is 0 Å². The highest BCUT2D eigenvalue weighted by atomic mass is 32.2. The molecular weight excluding hydrogens is 326 g/mol. The average Bonchev–Trinajstić information content (AvgIpc) is 3.07. The first-order chi connectivity index (χ1) is 11.1. The molecule has 122 valence electrons. The van der Waals surface area contributed by atoms with Gasteiger partial charge < -0.3 is 5.32 Å². The van der Waals surface area contributed by atoms with E-state index in [4.69, 9.17) is 0 Å². The standard InChI is InChI=1S/C17H21N3OS2/c1-11(14-8-7-13-5-3-4-6-15(13)9-14)19-16(21)12(2)23-17-20-18-10-22-17/h7-12H,3-6H2,1-2H3,(H,19,21)/t11-,12-/m0/s1. The Bertz CT molecular complexity index is 672. The zero-order valence-electron chi connectivity index (χ0n) is 13.4. The van der Waals surface area contributed by atoms with E-state index < -0.39 is 0 Å². The van der Waals surface area contributed by atoms with Crippen LogP contribution < -0.4 is 5.32 Å². The maximum atomic E-state index is 12.4. The molecule has 0 unspecified atom stereocenters. The van der Waals surface area contributed by atoms with Crippen LogP contribution in [0.5, 0.6) is 0 Å². The Balaban J connectivity index is 1.61. The minimum Gasteiger partial charge on any atom is -0.349 e. The quantitative estimate of drug-likeness (QED) is 0.837. The molecule has 4 nitrogen and oxygen atoms in total. The van der Waals surface area contributed by atoms with Crippen LogP contribution in [0.25, 0.3) is 0 Å². The summed E-state index contributed by atoms with van der Waals surface area (Å²) >= 11 is 2.91. The summed E-state index contributed by atoms with van der Waals surface area (Å²) in [5.74, 6) is 0.0374. The molecule has 1 amide bonds. The third-order valence-corrected chi connectivity index (χ3v) is 6.13. The minimum absolute atomic E-state index is 0.0206. The molecule has 1 N–H and O–H groups in total. The van der Waals surface area contributed by atoms with Crippen LogP contribution in [0.1, 0.15) is 49.4 Å². The molecule has 23 heavy (non-hydrogen) atoms. The maximum absolute atomic E-state index is 12.4. The first-order valence-corrected chi connectivity index (χ1v) is 9.74. The molecule has 2 atom stereocenters. The van der Waals surface area contributed by atoms with Gasteiger partial charge in [0, 0.05) is 0 Å². The van der Waals surface area contributed by atoms with Crippen molar-refractivity contribution >= 4 is 29.0 Å². The molecule has 6 heteroatoms. The van der Waals surface area contributed by atoms with Gasteiger partial charge in [-0.05, 0) is 56.2 Å². The topological polar surface area (TPSA) is 54.9 Å². The third kappa shape index (κ3) is 4.12. The second kappa shape index (κ2) is 7.45. The molecule has 1 aromatic carbocycles. The number of thioether (sulfide) groups is 1. The first-order valence-electron chi connectivity index (χ1n) is 7.98. The van der Waals surface area contributed by atoms with Gasteiger partial charge in [-0.15, -0.1) is 10.2 Å². The van der Waals surface area contributed by atoms with Gasteiger partial charge >= 0.3 is 0 Å². The van der Waals surface area contributed by atoms with E-state index in [2.05, 4.69) is 33.7 Å². The Kier molecular flexibility index (Phi) is 5.33. The number of hydrogen-bond acceptors (Lipinski definition) is 5. The number of hydrogen-bond donors (Lipinski definition) is 1. The molecular formula is C17H21N3OS2. The van der Waals surface area contributed by atoms with E-state index >= 15 is 0 Å². The number of aromatic nitrogens is 2. The van der Waals surface area contributed by atoms with Crippen molar-refractivity contribution in [2.75, 3.05) is 0 Å². The van der Waals surface area contributed by atoms with Gasteiger partial charge in [-0.2, -0.15) is 0 Å². The lowest BCUT2D eigenvalue weighted by Crippen LogP contribution is -2.33. The number of amides is 1. The summed E-state index contributed by atoms with van der Waals surface area (Å²) in [7, 11) is 0. The van der Waals surface area contributed by atoms with Gasteiger partial charge in [-0.25, -0.2) is 0 Å². The van der Waals surface area contributed by atoms with Crippen LogP contribution in [-0.4, -0.2) is 21.4 Å². The van der Waals surface area contributed by atoms with Crippen molar-refractivity contribution in [3.05, 3.63) is 40.4 Å². The monoisotopic (exact) mass is 347 g/mol. The van der Waals surface area contributed by atoms with E-state index in [0.717, 1.165) is 10.8 Å². The summed E-state index contributed by atoms with van der Waals surface area (Å²) < 4.78 is 0.828. The zero-order chi connectivity index (χ0) is 16.2. The van der Waals surface area contributed by atoms with Crippen LogP contribution in [0, 0.1) is 0 Å². The molecule has 2 aromatic rings. The highest BCUT2D eigenvalue weighted by Gasteiger charge is 2.19. The Hall–Kier alpha value is -1.40. The number of nitrogens with one attached hydrogen (secondary N) is 1. The van der Waals surface area contributed by atoms with Crippen molar-refractivity contribution in [2.45, 2.75) is 55.2 Å². The molecule has 0 aliphatic heterocycles. The summed E-state index contributed by atoms with van der Waals surface area (Å²) in [6, 6.07) is 6.66. The van der Waals surface area contributed by atoms with Crippen LogP contribution >= 0.6 is 23.1 Å². The van der Waals surface area contributed by atoms with E-state index in [1.807, 2.05) is 13.8 Å². The lowest BCUT2D eigenvalue weighted by molar-refractivity contribution is -0.120. The number of rotatable bonds is 5. The van der Waals surface area contributed by atoms with Gasteiger partial charge in [0.15, 0.2) is 4.34 Å². The van der Waals surface area contributed by atoms with Crippen LogP contribution in [0.2, 0.25) is 0 Å². The molecule has 0 bridgehead atoms. The van der Waals surface area contributed by atoms with Crippen molar-refractivity contribution in [1.82, 2.24) is 15.5 Å². The number of aryl methyl sites for hydroxylation is 2. The number of carbonyl (C=O) groups excluding carboxylic acids is 1. The summed E-state index contributed by atoms with van der Waals surface area (Å²) in [5, 5.41) is 10.7. The van der Waals surface area contributed by atoms with E-state index in [1.165, 1.54) is 59.1 Å². The normalized spacial score (nSPS) is 16.4. The lowest BCUT2D eigenvalue weighted by Gasteiger charge is -2.21. The number of benzene rings is 1. The fourth-order valence-corrected chi connectivity index (χ4v) is 4.49. The predicted octanol–water partition coefficient (Wildman–Crippen LogP) is 3.77. The van der Waals surface area contributed by atoms with Crippen molar-refractivity contribution in [2.24, 2.45) is 0 Å². The van der Waals surface area contributed by atoms with Gasteiger partial charge in [0.25, 0.3) is 0 Å². The van der Waals surface area contributed by atoms with E-state index in [9.17, 15) is 4.79 Å². The van der Waals surface area contributed by atoms with Gasteiger partial charge in [0.2, 0.25) is 5.91 Å². The van der Waals surface area contributed by atoms with Gasteiger partial charge in [-0.3, -0.25) is 4.79 Å². The molecule has 1 heterocycles. The molecule has 0 spiro atoms. The van der Waals surface area contributed by atoms with Crippen LogP contribution in [0.15, 0.2) is 28.0 Å². The van der Waals surface area contributed by atoms with Gasteiger partial charge in [-0.1, -0.05) is 41.3 Å². The maximum Gasteiger partial charge on any atom is 0.233 e. The van der Waals surface area contributed by atoms with Crippen molar-refractivity contribution < 1.29 is 4.79 Å². The molecule has 0 saturated heterocycles. The molecule has 0 fully saturated rings. The highest BCUT2D eigenvalue weighted by molar-refractivity contribution is 8.02. The second-order valence-corrected chi connectivity index (χ2v) is 8.35. The smallest absolute Gasteiger partial charge is 0.233 e. The largest absolute Gasteiger partial charge is 0.349 e. The number of nitrogens with zero attached hydrogens (tertiary/aromatic N) is 2. The fraction of sp³-hybridized carbons (Fsp3) is 0.471. The van der Waals surface area contributed by atoms with Crippen molar-refractivity contribution in [3.8, 4) is 0 Å². The summed E-state index contributed by atoms with van der Waals surface area (Å²) in [6.07, 6.45) is 4.91. The number of carbonyl (C=O) groups is 1. The Morgan fingerprint density at radius 3 is 2.78 bits per heavy atom. The SMILES string of the molecule is C[C@H](Sc1nncs1)C(=O)N[C@@H](C)c1ccc2c(c1)CCCC2. The Morgan fingerprint density at radius 2 is 2.04 bits per heavy atom. The highest BCUT2D eigenvalue weighted by Crippen LogP contribution is 2.27. The molecule has 0 radical (unpaired) electrons. The van der Waals surface area contributed by atoms with E-state index in [1.54, 1.807) is 5.51 Å². The van der Waals surface area contributed by atoms with E-state index in [0.29, 0.717) is 0 Å². The molecule has 3 rings (SSSR count). The summed E-state index contributed by atoms with van der Waals surface area (Å²) in [4.78, 5) is 12.4. The van der Waals surface area contributed by atoms with Crippen LogP contribution in [0.3, 0.4) is 0 Å². The zero-order valence-corrected chi connectivity index (χ0v) is 15.0. The molecule has 1 aliphatic rings. The van der Waals surface area contributed by atoms with Crippen LogP contribution in [-0.2, 0) is 17.6 Å². The Labute approximate surface area is 145 Å². The van der Waals surface area contributed by atoms with Gasteiger partial charge in [0.1, 0.15) is 5.51 Å². The third-order valence-electron chi connectivity index (χ3n) is 4.22. The molecule has 0 saturated carbocycles. The molecule has 1 aliphatic carbocycles. The minimum atomic E-state index is -0.178. The number of fused-ring (bicyclic) bond motifs is 1. The summed E-state index contributed by atoms with van der Waals surface area (Å²) in [5.41, 5.74) is 5.79. The first kappa shape index (κ1) is 16.5. The van der Waals surface area contributed by atoms with E-state index in [-0.39, 0.29) is 17.2 Å². The lowest BCUT2D eigenvalue weighted by atomic mass is 9.89.